The molecule has 2 aromatic rings. The normalized spacial score (nSPS) is 14.6. The molecule has 2 aromatic carbocycles. The highest BCUT2D eigenvalue weighted by Gasteiger charge is 2.27. The number of amides is 2. The zero-order valence-electron chi connectivity index (χ0n) is 16.1. The van der Waals surface area contributed by atoms with Crippen molar-refractivity contribution in [1.82, 2.24) is 10.9 Å². The monoisotopic (exact) mass is 412 g/mol. The van der Waals surface area contributed by atoms with Crippen molar-refractivity contribution in [2.24, 2.45) is 0 Å². The number of nitrogens with one attached hydrogen (secondary N) is 2. The molecular weight excluding hydrogens is 392 g/mol. The first-order valence-electron chi connectivity index (χ1n) is 9.01. The average molecular weight is 412 g/mol. The number of fused-ring (bicyclic) bond motifs is 1. The summed E-state index contributed by atoms with van der Waals surface area (Å²) >= 11 is 0. The van der Waals surface area contributed by atoms with Crippen LogP contribution in [-0.4, -0.2) is 44.2 Å². The number of hydrazine groups is 1. The fourth-order valence-corrected chi connectivity index (χ4v) is 2.46. The van der Waals surface area contributed by atoms with E-state index >= 15 is 0 Å². The van der Waals surface area contributed by atoms with E-state index in [1.807, 2.05) is 0 Å². The van der Waals surface area contributed by atoms with E-state index in [4.69, 9.17) is 18.9 Å². The van der Waals surface area contributed by atoms with Crippen LogP contribution in [-0.2, 0) is 19.1 Å². The van der Waals surface area contributed by atoms with Gasteiger partial charge in [-0.3, -0.25) is 20.4 Å². The van der Waals surface area contributed by atoms with Crippen LogP contribution in [0.5, 0.6) is 17.2 Å². The molecule has 1 aliphatic rings. The van der Waals surface area contributed by atoms with E-state index in [0.717, 1.165) is 5.56 Å². The Hall–Kier alpha value is -4.01. The van der Waals surface area contributed by atoms with E-state index in [1.54, 1.807) is 61.7 Å². The lowest BCUT2D eigenvalue weighted by atomic mass is 10.2. The molecule has 3 rings (SSSR count). The Labute approximate surface area is 172 Å². The third kappa shape index (κ3) is 5.74. The molecule has 9 heteroatoms. The van der Waals surface area contributed by atoms with Crippen LogP contribution in [0.4, 0.5) is 0 Å². The fourth-order valence-electron chi connectivity index (χ4n) is 2.46. The van der Waals surface area contributed by atoms with Gasteiger partial charge in [-0.15, -0.1) is 0 Å². The number of carbonyl (C=O) groups is 3. The Bertz CT molecular complexity index is 941. The van der Waals surface area contributed by atoms with Crippen LogP contribution in [0, 0.1) is 0 Å². The van der Waals surface area contributed by atoms with Crippen molar-refractivity contribution < 1.29 is 33.3 Å². The second-order valence-electron chi connectivity index (χ2n) is 6.12. The minimum atomic E-state index is -0.921. The molecule has 0 unspecified atom stereocenters. The largest absolute Gasteiger partial charge is 0.497 e. The van der Waals surface area contributed by atoms with Crippen LogP contribution in [0.3, 0.4) is 0 Å². The molecule has 9 nitrogen and oxygen atoms in total. The van der Waals surface area contributed by atoms with Gasteiger partial charge in [-0.25, -0.2) is 4.79 Å². The second kappa shape index (κ2) is 9.97. The zero-order chi connectivity index (χ0) is 21.3. The molecule has 0 spiro atoms. The molecule has 1 aliphatic heterocycles. The van der Waals surface area contributed by atoms with Crippen LogP contribution in [0.15, 0.2) is 54.6 Å². The van der Waals surface area contributed by atoms with Gasteiger partial charge in [-0.2, -0.15) is 0 Å². The minimum absolute atomic E-state index is 0.00383. The van der Waals surface area contributed by atoms with Crippen molar-refractivity contribution in [3.63, 3.8) is 0 Å². The molecule has 1 atom stereocenters. The summed E-state index contributed by atoms with van der Waals surface area (Å²) in [5, 5.41) is 0. The summed E-state index contributed by atoms with van der Waals surface area (Å²) in [5.74, 6) is -0.320. The molecule has 2 N–H and O–H groups in total. The number of methoxy groups -OCH3 is 1. The third-order valence-electron chi connectivity index (χ3n) is 4.00. The highest BCUT2D eigenvalue weighted by atomic mass is 16.6. The van der Waals surface area contributed by atoms with Gasteiger partial charge in [-0.05, 0) is 35.9 Å². The Morgan fingerprint density at radius 2 is 1.80 bits per heavy atom. The number of esters is 1. The molecule has 0 aliphatic carbocycles. The van der Waals surface area contributed by atoms with Crippen molar-refractivity contribution >= 4 is 23.9 Å². The number of carbonyl (C=O) groups excluding carboxylic acids is 3. The quantitative estimate of drug-likeness (QED) is 0.417. The highest BCUT2D eigenvalue weighted by molar-refractivity contribution is 5.90. The van der Waals surface area contributed by atoms with Crippen LogP contribution in [0.25, 0.3) is 6.08 Å². The first kappa shape index (κ1) is 20.7. The van der Waals surface area contributed by atoms with E-state index < -0.39 is 30.5 Å². The van der Waals surface area contributed by atoms with Crippen molar-refractivity contribution in [2.75, 3.05) is 20.3 Å². The molecule has 0 bridgehead atoms. The number of ether oxygens (including phenoxy) is 4. The van der Waals surface area contributed by atoms with Gasteiger partial charge in [0.1, 0.15) is 12.4 Å². The standard InChI is InChI=1S/C21H20N2O7/c1-27-15-9-6-14(7-10-15)8-11-20(25)29-13-19(24)22-23-21(26)18-12-28-16-4-2-3-5-17(16)30-18/h2-11,18H,12-13H2,1H3,(H,22,24)(H,23,26)/b11-8+/t18-/m1/s1. The van der Waals surface area contributed by atoms with Gasteiger partial charge in [0.05, 0.1) is 7.11 Å². The van der Waals surface area contributed by atoms with Crippen molar-refractivity contribution in [2.45, 2.75) is 6.10 Å². The summed E-state index contributed by atoms with van der Waals surface area (Å²) in [6.07, 6.45) is 1.81. The molecule has 30 heavy (non-hydrogen) atoms. The smallest absolute Gasteiger partial charge is 0.331 e. The van der Waals surface area contributed by atoms with Crippen LogP contribution in [0.1, 0.15) is 5.56 Å². The lowest BCUT2D eigenvalue weighted by Crippen LogP contribution is -2.51. The maximum Gasteiger partial charge on any atom is 0.331 e. The van der Waals surface area contributed by atoms with E-state index in [2.05, 4.69) is 10.9 Å². The van der Waals surface area contributed by atoms with Crippen LogP contribution in [0.2, 0.25) is 0 Å². The van der Waals surface area contributed by atoms with Crippen molar-refractivity contribution in [3.05, 3.63) is 60.2 Å². The van der Waals surface area contributed by atoms with Crippen molar-refractivity contribution in [1.29, 1.82) is 0 Å². The second-order valence-corrected chi connectivity index (χ2v) is 6.12. The Balaban J connectivity index is 1.37. The van der Waals surface area contributed by atoms with Crippen molar-refractivity contribution in [3.8, 4) is 17.2 Å². The maximum atomic E-state index is 12.1. The summed E-state index contributed by atoms with van der Waals surface area (Å²) < 4.78 is 20.8. The van der Waals surface area contributed by atoms with E-state index in [0.29, 0.717) is 17.2 Å². The van der Waals surface area contributed by atoms with Crippen LogP contribution < -0.4 is 25.1 Å². The van der Waals surface area contributed by atoms with Gasteiger partial charge in [0.25, 0.3) is 11.8 Å². The third-order valence-corrected chi connectivity index (χ3v) is 4.00. The molecule has 0 radical (unpaired) electrons. The summed E-state index contributed by atoms with van der Waals surface area (Å²) in [4.78, 5) is 35.6. The number of hydrogen-bond donors (Lipinski definition) is 2. The first-order chi connectivity index (χ1) is 14.5. The molecule has 1 heterocycles. The van der Waals surface area contributed by atoms with Gasteiger partial charge >= 0.3 is 5.97 Å². The highest BCUT2D eigenvalue weighted by Crippen LogP contribution is 2.30. The summed E-state index contributed by atoms with van der Waals surface area (Å²) in [5.41, 5.74) is 5.13. The van der Waals surface area contributed by atoms with E-state index in [1.165, 1.54) is 6.08 Å². The predicted octanol–water partition coefficient (Wildman–Crippen LogP) is 1.24. The van der Waals surface area contributed by atoms with E-state index in [9.17, 15) is 14.4 Å². The van der Waals surface area contributed by atoms with Gasteiger partial charge < -0.3 is 18.9 Å². The van der Waals surface area contributed by atoms with Gasteiger partial charge in [-0.1, -0.05) is 24.3 Å². The van der Waals surface area contributed by atoms with Gasteiger partial charge in [0.15, 0.2) is 18.1 Å². The summed E-state index contributed by atoms with van der Waals surface area (Å²) in [6, 6.07) is 14.0. The summed E-state index contributed by atoms with van der Waals surface area (Å²) in [6.45, 7) is -0.555. The lowest BCUT2D eigenvalue weighted by molar-refractivity contribution is -0.145. The topological polar surface area (TPSA) is 112 Å². The Morgan fingerprint density at radius 1 is 1.07 bits per heavy atom. The van der Waals surface area contributed by atoms with Crippen LogP contribution >= 0.6 is 0 Å². The molecular formula is C21H20N2O7. The molecule has 2 amide bonds. The van der Waals surface area contributed by atoms with Gasteiger partial charge in [0, 0.05) is 6.08 Å². The number of benzene rings is 2. The van der Waals surface area contributed by atoms with E-state index in [-0.39, 0.29) is 6.61 Å². The number of hydrogen-bond acceptors (Lipinski definition) is 7. The fraction of sp³-hybridized carbons (Fsp3) is 0.190. The average Bonchev–Trinajstić information content (AvgIpc) is 2.79. The molecule has 0 saturated carbocycles. The Morgan fingerprint density at radius 3 is 2.53 bits per heavy atom. The molecule has 0 aromatic heterocycles. The minimum Gasteiger partial charge on any atom is -0.497 e. The maximum absolute atomic E-state index is 12.1. The molecule has 0 fully saturated rings. The molecule has 156 valence electrons. The predicted molar refractivity (Wildman–Crippen MR) is 106 cm³/mol. The summed E-state index contributed by atoms with van der Waals surface area (Å²) in [7, 11) is 1.56. The number of rotatable bonds is 6. The SMILES string of the molecule is COc1ccc(/C=C/C(=O)OCC(=O)NNC(=O)[C@H]2COc3ccccc3O2)cc1. The van der Waals surface area contributed by atoms with Gasteiger partial charge in [0.2, 0.25) is 6.10 Å². The zero-order valence-corrected chi connectivity index (χ0v) is 16.1. The Kier molecular flexibility index (Phi) is 6.88. The first-order valence-corrected chi connectivity index (χ1v) is 9.01. The lowest BCUT2D eigenvalue weighted by Gasteiger charge is -2.25. The molecule has 0 saturated heterocycles. The number of para-hydroxylation sites is 2.